The maximum Gasteiger partial charge on any atom is 0.410 e. The van der Waals surface area contributed by atoms with E-state index < -0.39 is 5.60 Å². The van der Waals surface area contributed by atoms with Crippen LogP contribution in [0.4, 0.5) is 4.79 Å². The van der Waals surface area contributed by atoms with Gasteiger partial charge in [0.05, 0.1) is 0 Å². The molecule has 1 aromatic rings. The lowest BCUT2D eigenvalue weighted by atomic mass is 10.1. The van der Waals surface area contributed by atoms with Crippen molar-refractivity contribution in [3.63, 3.8) is 0 Å². The quantitative estimate of drug-likeness (QED) is 0.831. The number of ether oxygens (including phenoxy) is 1. The summed E-state index contributed by atoms with van der Waals surface area (Å²) in [6, 6.07) is 0.233. The first kappa shape index (κ1) is 17.4. The zero-order valence-corrected chi connectivity index (χ0v) is 15.5. The number of rotatable bonds is 2. The standard InChI is InChI=1S/C17H26N4O2S/c1-17(2,3)23-16(22)21-7-4-5-13(21)11-20-8-6-14-12(10-20)9-18-15(24)19-14/h9,13H,4-8,10-11H2,1-3H3,(H,18,19,24). The second kappa shape index (κ2) is 6.80. The van der Waals surface area contributed by atoms with E-state index in [0.717, 1.165) is 45.4 Å². The minimum atomic E-state index is -0.447. The van der Waals surface area contributed by atoms with Crippen LogP contribution < -0.4 is 0 Å². The van der Waals surface area contributed by atoms with Crippen LogP contribution in [0.1, 0.15) is 44.9 Å². The normalized spacial score (nSPS) is 21.6. The number of aromatic nitrogens is 2. The topological polar surface area (TPSA) is 61.5 Å². The highest BCUT2D eigenvalue weighted by Crippen LogP contribution is 2.24. The maximum absolute atomic E-state index is 12.4. The van der Waals surface area contributed by atoms with Gasteiger partial charge in [-0.25, -0.2) is 9.78 Å². The van der Waals surface area contributed by atoms with Gasteiger partial charge in [-0.05, 0) is 45.8 Å². The van der Waals surface area contributed by atoms with Crippen LogP contribution in [-0.2, 0) is 17.7 Å². The summed E-state index contributed by atoms with van der Waals surface area (Å²) in [6.07, 6.45) is 4.72. The average molecular weight is 350 g/mol. The highest BCUT2D eigenvalue weighted by Gasteiger charge is 2.33. The Kier molecular flexibility index (Phi) is 4.92. The van der Waals surface area contributed by atoms with Gasteiger partial charge >= 0.3 is 6.09 Å². The van der Waals surface area contributed by atoms with Crippen LogP contribution in [0.2, 0.25) is 0 Å². The van der Waals surface area contributed by atoms with E-state index in [-0.39, 0.29) is 12.1 Å². The number of fused-ring (bicyclic) bond motifs is 1. The minimum absolute atomic E-state index is 0.187. The van der Waals surface area contributed by atoms with E-state index in [1.54, 1.807) is 0 Å². The Morgan fingerprint density at radius 3 is 3.00 bits per heavy atom. The van der Waals surface area contributed by atoms with Crippen molar-refractivity contribution < 1.29 is 9.53 Å². The van der Waals surface area contributed by atoms with E-state index >= 15 is 0 Å². The fraction of sp³-hybridized carbons (Fsp3) is 0.706. The SMILES string of the molecule is CC(C)(C)OC(=O)N1CCCC1CN1CCc2[nH]c(=S)ncc2C1. The average Bonchev–Trinajstić information content (AvgIpc) is 2.94. The van der Waals surface area contributed by atoms with Crippen LogP contribution in [0.15, 0.2) is 6.20 Å². The van der Waals surface area contributed by atoms with Crippen LogP contribution in [0.5, 0.6) is 0 Å². The molecule has 0 bridgehead atoms. The number of likely N-dealkylation sites (tertiary alicyclic amines) is 1. The van der Waals surface area contributed by atoms with E-state index in [4.69, 9.17) is 17.0 Å². The van der Waals surface area contributed by atoms with Crippen molar-refractivity contribution in [3.8, 4) is 0 Å². The molecule has 3 heterocycles. The third-order valence-corrected chi connectivity index (χ3v) is 4.74. The highest BCUT2D eigenvalue weighted by molar-refractivity contribution is 7.71. The molecule has 3 rings (SSSR count). The molecule has 6 nitrogen and oxygen atoms in total. The second-order valence-corrected chi connectivity index (χ2v) is 8.03. The molecule has 132 valence electrons. The summed E-state index contributed by atoms with van der Waals surface area (Å²) in [7, 11) is 0. The molecule has 24 heavy (non-hydrogen) atoms. The lowest BCUT2D eigenvalue weighted by Gasteiger charge is -2.34. The fourth-order valence-electron chi connectivity index (χ4n) is 3.45. The van der Waals surface area contributed by atoms with Gasteiger partial charge < -0.3 is 14.6 Å². The number of nitrogens with zero attached hydrogens (tertiary/aromatic N) is 3. The molecule has 1 amide bonds. The Morgan fingerprint density at radius 2 is 2.25 bits per heavy atom. The smallest absolute Gasteiger partial charge is 0.410 e. The zero-order valence-electron chi connectivity index (χ0n) is 14.7. The third kappa shape index (κ3) is 4.13. The minimum Gasteiger partial charge on any atom is -0.444 e. The molecule has 1 N–H and O–H groups in total. The second-order valence-electron chi connectivity index (χ2n) is 7.65. The van der Waals surface area contributed by atoms with Gasteiger partial charge in [-0.2, -0.15) is 0 Å². The van der Waals surface area contributed by atoms with Gasteiger partial charge in [-0.3, -0.25) is 4.90 Å². The Labute approximate surface area is 148 Å². The number of nitrogens with one attached hydrogen (secondary N) is 1. The molecule has 2 aliphatic heterocycles. The Hall–Kier alpha value is -1.47. The molecule has 1 fully saturated rings. The van der Waals surface area contributed by atoms with Crippen molar-refractivity contribution in [3.05, 3.63) is 22.2 Å². The van der Waals surface area contributed by atoms with Crippen LogP contribution in [0.25, 0.3) is 0 Å². The van der Waals surface area contributed by atoms with Crippen LogP contribution in [-0.4, -0.2) is 57.1 Å². The van der Waals surface area contributed by atoms with Crippen molar-refractivity contribution in [1.29, 1.82) is 0 Å². The predicted octanol–water partition coefficient (Wildman–Crippen LogP) is 2.90. The van der Waals surface area contributed by atoms with Gasteiger partial charge in [-0.1, -0.05) is 0 Å². The molecule has 0 saturated carbocycles. The molecule has 1 atom stereocenters. The van der Waals surface area contributed by atoms with Crippen LogP contribution in [0, 0.1) is 4.77 Å². The van der Waals surface area contributed by atoms with Gasteiger partial charge in [0.25, 0.3) is 0 Å². The van der Waals surface area contributed by atoms with E-state index in [0.29, 0.717) is 4.77 Å². The fourth-order valence-corrected chi connectivity index (χ4v) is 3.62. The third-order valence-electron chi connectivity index (χ3n) is 4.53. The zero-order chi connectivity index (χ0) is 17.3. The van der Waals surface area contributed by atoms with E-state index in [9.17, 15) is 4.79 Å². The van der Waals surface area contributed by atoms with Crippen molar-refractivity contribution in [2.45, 2.75) is 58.2 Å². The molecule has 1 aromatic heterocycles. The molecule has 1 unspecified atom stereocenters. The number of aromatic amines is 1. The molecule has 0 spiro atoms. The molecule has 7 heteroatoms. The van der Waals surface area contributed by atoms with Crippen molar-refractivity contribution in [1.82, 2.24) is 19.8 Å². The summed E-state index contributed by atoms with van der Waals surface area (Å²) in [5.41, 5.74) is 1.95. The largest absolute Gasteiger partial charge is 0.444 e. The maximum atomic E-state index is 12.4. The summed E-state index contributed by atoms with van der Waals surface area (Å²) >= 11 is 5.09. The monoisotopic (exact) mass is 350 g/mol. The molecule has 0 radical (unpaired) electrons. The summed E-state index contributed by atoms with van der Waals surface area (Å²) in [4.78, 5) is 24.1. The lowest BCUT2D eigenvalue weighted by Crippen LogP contribution is -2.46. The first-order valence-corrected chi connectivity index (χ1v) is 9.02. The van der Waals surface area contributed by atoms with Gasteiger partial charge in [-0.15, -0.1) is 0 Å². The number of H-pyrrole nitrogens is 1. The number of carbonyl (C=O) groups excluding carboxylic acids is 1. The predicted molar refractivity (Wildman–Crippen MR) is 94.4 cm³/mol. The summed E-state index contributed by atoms with van der Waals surface area (Å²) < 4.78 is 6.10. The van der Waals surface area contributed by atoms with Crippen molar-refractivity contribution in [2.24, 2.45) is 0 Å². The highest BCUT2D eigenvalue weighted by atomic mass is 32.1. The molecule has 0 aromatic carbocycles. The lowest BCUT2D eigenvalue weighted by molar-refractivity contribution is 0.0192. The van der Waals surface area contributed by atoms with Gasteiger partial charge in [0.15, 0.2) is 4.77 Å². The van der Waals surface area contributed by atoms with Crippen molar-refractivity contribution in [2.75, 3.05) is 19.6 Å². The molecular weight excluding hydrogens is 324 g/mol. The van der Waals surface area contributed by atoms with Crippen LogP contribution >= 0.6 is 12.2 Å². The first-order chi connectivity index (χ1) is 11.3. The molecule has 2 aliphatic rings. The van der Waals surface area contributed by atoms with Crippen LogP contribution in [0.3, 0.4) is 0 Å². The molecule has 1 saturated heterocycles. The van der Waals surface area contributed by atoms with Gasteiger partial charge in [0, 0.05) is 56.1 Å². The van der Waals surface area contributed by atoms with E-state index in [2.05, 4.69) is 14.9 Å². The van der Waals surface area contributed by atoms with Gasteiger partial charge in [0.1, 0.15) is 5.60 Å². The molecule has 0 aliphatic carbocycles. The number of carbonyl (C=O) groups is 1. The first-order valence-electron chi connectivity index (χ1n) is 8.61. The number of hydrogen-bond acceptors (Lipinski definition) is 5. The Balaban J connectivity index is 1.62. The Morgan fingerprint density at radius 1 is 1.46 bits per heavy atom. The summed E-state index contributed by atoms with van der Waals surface area (Å²) in [5.74, 6) is 0. The van der Waals surface area contributed by atoms with Crippen molar-refractivity contribution >= 4 is 18.3 Å². The Bertz CT molecular complexity index is 667. The number of hydrogen-bond donors (Lipinski definition) is 1. The van der Waals surface area contributed by atoms with Gasteiger partial charge in [0.2, 0.25) is 0 Å². The van der Waals surface area contributed by atoms with E-state index in [1.807, 2.05) is 31.9 Å². The summed E-state index contributed by atoms with van der Waals surface area (Å²) in [6.45, 7) is 9.23. The summed E-state index contributed by atoms with van der Waals surface area (Å²) in [5, 5.41) is 0. The number of amides is 1. The van der Waals surface area contributed by atoms with E-state index in [1.165, 1.54) is 11.3 Å². The molecular formula is C17H26N4O2S.